The molecule has 1 aliphatic rings. The van der Waals surface area contributed by atoms with E-state index in [1.165, 1.54) is 7.11 Å². The summed E-state index contributed by atoms with van der Waals surface area (Å²) in [6.45, 7) is 1.83. The van der Waals surface area contributed by atoms with Crippen molar-refractivity contribution in [1.29, 1.82) is 0 Å². The predicted molar refractivity (Wildman–Crippen MR) is 73.3 cm³/mol. The van der Waals surface area contributed by atoms with Crippen molar-refractivity contribution >= 4 is 11.6 Å². The highest BCUT2D eigenvalue weighted by Gasteiger charge is 2.31. The minimum absolute atomic E-state index is 0.157. The van der Waals surface area contributed by atoms with Crippen LogP contribution in [-0.4, -0.2) is 31.7 Å². The number of benzene rings is 1. The van der Waals surface area contributed by atoms with Gasteiger partial charge in [0.05, 0.1) is 7.11 Å². The molecule has 1 fully saturated rings. The van der Waals surface area contributed by atoms with E-state index in [4.69, 9.17) is 21.1 Å². The highest BCUT2D eigenvalue weighted by atomic mass is 35.5. The van der Waals surface area contributed by atoms with Gasteiger partial charge in [-0.2, -0.15) is 0 Å². The molecule has 0 unspecified atom stereocenters. The van der Waals surface area contributed by atoms with E-state index >= 15 is 0 Å². The summed E-state index contributed by atoms with van der Waals surface area (Å²) in [6.07, 6.45) is 1.70. The summed E-state index contributed by atoms with van der Waals surface area (Å²) in [5.74, 6) is 0.461. The second kappa shape index (κ2) is 6.55. The zero-order valence-corrected chi connectivity index (χ0v) is 11.8. The van der Waals surface area contributed by atoms with E-state index in [9.17, 15) is 4.39 Å². The third-order valence-electron chi connectivity index (χ3n) is 3.62. The summed E-state index contributed by atoms with van der Waals surface area (Å²) in [5.41, 5.74) is 0.435. The summed E-state index contributed by atoms with van der Waals surface area (Å²) in [7, 11) is 1.47. The molecule has 3 nitrogen and oxygen atoms in total. The maximum absolute atomic E-state index is 14.0. The minimum Gasteiger partial charge on any atom is -0.494 e. The van der Waals surface area contributed by atoms with Gasteiger partial charge in [-0.25, -0.2) is 4.39 Å². The Morgan fingerprint density at radius 3 is 2.79 bits per heavy atom. The highest BCUT2D eigenvalue weighted by Crippen LogP contribution is 2.25. The van der Waals surface area contributed by atoms with E-state index in [2.05, 4.69) is 5.32 Å². The molecular weight excluding hydrogens is 269 g/mol. The molecule has 1 saturated heterocycles. The number of hydrogen-bond acceptors (Lipinski definition) is 3. The third kappa shape index (κ3) is 3.38. The Kier molecular flexibility index (Phi) is 5.02. The molecule has 106 valence electrons. The van der Waals surface area contributed by atoms with Crippen molar-refractivity contribution in [2.75, 3.05) is 26.2 Å². The van der Waals surface area contributed by atoms with Crippen molar-refractivity contribution < 1.29 is 13.9 Å². The Morgan fingerprint density at radius 2 is 2.16 bits per heavy atom. The van der Waals surface area contributed by atoms with E-state index in [0.717, 1.165) is 12.8 Å². The Bertz CT molecular complexity index is 422. The first-order valence-electron chi connectivity index (χ1n) is 6.41. The lowest BCUT2D eigenvalue weighted by Gasteiger charge is -2.36. The van der Waals surface area contributed by atoms with Gasteiger partial charge in [-0.3, -0.25) is 0 Å². The van der Waals surface area contributed by atoms with Gasteiger partial charge in [0.2, 0.25) is 0 Å². The Morgan fingerprint density at radius 1 is 1.42 bits per heavy atom. The fourth-order valence-electron chi connectivity index (χ4n) is 2.25. The van der Waals surface area contributed by atoms with E-state index in [1.54, 1.807) is 18.2 Å². The lowest BCUT2D eigenvalue weighted by atomic mass is 9.92. The largest absolute Gasteiger partial charge is 0.494 e. The van der Waals surface area contributed by atoms with E-state index in [1.807, 2.05) is 0 Å². The third-order valence-corrected chi connectivity index (χ3v) is 4.13. The molecule has 0 saturated carbocycles. The van der Waals surface area contributed by atoms with Crippen LogP contribution in [0, 0.1) is 5.82 Å². The Hall–Kier alpha value is -0.840. The molecule has 0 spiro atoms. The van der Waals surface area contributed by atoms with Crippen molar-refractivity contribution in [2.45, 2.75) is 24.9 Å². The zero-order chi connectivity index (χ0) is 13.7. The van der Waals surface area contributed by atoms with Crippen LogP contribution in [0.5, 0.6) is 5.75 Å². The van der Waals surface area contributed by atoms with Crippen LogP contribution in [0.1, 0.15) is 18.4 Å². The lowest BCUT2D eigenvalue weighted by molar-refractivity contribution is 0.0458. The molecule has 1 aromatic carbocycles. The number of nitrogens with one attached hydrogen (secondary N) is 1. The molecule has 0 radical (unpaired) electrons. The molecule has 2 rings (SSSR count). The Balaban J connectivity index is 2.05. The average molecular weight is 288 g/mol. The van der Waals surface area contributed by atoms with Gasteiger partial charge in [-0.1, -0.05) is 12.1 Å². The van der Waals surface area contributed by atoms with Crippen LogP contribution < -0.4 is 10.1 Å². The molecule has 0 aliphatic carbocycles. The summed E-state index contributed by atoms with van der Waals surface area (Å²) in [4.78, 5) is 0. The van der Waals surface area contributed by atoms with E-state index in [-0.39, 0.29) is 17.1 Å². The SMILES string of the molecule is COc1cccc(CNC2(CCl)CCOCC2)c1F. The van der Waals surface area contributed by atoms with Gasteiger partial charge in [-0.15, -0.1) is 11.6 Å². The lowest BCUT2D eigenvalue weighted by Crippen LogP contribution is -2.50. The molecule has 1 aromatic rings. The predicted octanol–water partition coefficient (Wildman–Crippen LogP) is 2.71. The summed E-state index contributed by atoms with van der Waals surface area (Å²) in [6, 6.07) is 5.16. The molecule has 19 heavy (non-hydrogen) atoms. The molecule has 1 heterocycles. The van der Waals surface area contributed by atoms with Crippen LogP contribution in [0.2, 0.25) is 0 Å². The minimum atomic E-state index is -0.311. The fourth-order valence-corrected chi connectivity index (χ4v) is 2.61. The van der Waals surface area contributed by atoms with Crippen LogP contribution in [-0.2, 0) is 11.3 Å². The normalized spacial score (nSPS) is 18.3. The molecular formula is C14H19ClFNO2. The molecule has 5 heteroatoms. The zero-order valence-electron chi connectivity index (χ0n) is 11.0. The Labute approximate surface area is 118 Å². The number of halogens is 2. The second-order valence-electron chi connectivity index (χ2n) is 4.81. The van der Waals surface area contributed by atoms with Gasteiger partial charge in [-0.05, 0) is 18.9 Å². The van der Waals surface area contributed by atoms with Crippen molar-refractivity contribution in [3.63, 3.8) is 0 Å². The summed E-state index contributed by atoms with van der Waals surface area (Å²) >= 11 is 6.07. The van der Waals surface area contributed by atoms with Gasteiger partial charge < -0.3 is 14.8 Å². The van der Waals surface area contributed by atoms with Crippen molar-refractivity contribution in [2.24, 2.45) is 0 Å². The number of rotatable bonds is 5. The fraction of sp³-hybridized carbons (Fsp3) is 0.571. The van der Waals surface area contributed by atoms with Gasteiger partial charge in [0.25, 0.3) is 0 Å². The quantitative estimate of drug-likeness (QED) is 0.845. The number of ether oxygens (including phenoxy) is 2. The van der Waals surface area contributed by atoms with Crippen LogP contribution >= 0.6 is 11.6 Å². The van der Waals surface area contributed by atoms with Crippen LogP contribution in [0.3, 0.4) is 0 Å². The highest BCUT2D eigenvalue weighted by molar-refractivity contribution is 6.18. The first kappa shape index (κ1) is 14.6. The number of alkyl halides is 1. The van der Waals surface area contributed by atoms with Crippen molar-refractivity contribution in [3.8, 4) is 5.75 Å². The number of hydrogen-bond donors (Lipinski definition) is 1. The molecule has 0 atom stereocenters. The molecule has 0 bridgehead atoms. The average Bonchev–Trinajstić information content (AvgIpc) is 2.47. The van der Waals surface area contributed by atoms with Gasteiger partial charge in [0.1, 0.15) is 0 Å². The van der Waals surface area contributed by atoms with Crippen molar-refractivity contribution in [3.05, 3.63) is 29.6 Å². The first-order chi connectivity index (χ1) is 9.21. The molecule has 0 aromatic heterocycles. The smallest absolute Gasteiger partial charge is 0.169 e. The molecule has 1 N–H and O–H groups in total. The second-order valence-corrected chi connectivity index (χ2v) is 5.08. The maximum Gasteiger partial charge on any atom is 0.169 e. The van der Waals surface area contributed by atoms with E-state index < -0.39 is 0 Å². The van der Waals surface area contributed by atoms with Gasteiger partial charge >= 0.3 is 0 Å². The van der Waals surface area contributed by atoms with E-state index in [0.29, 0.717) is 31.2 Å². The standard InChI is InChI=1S/C14H19ClFNO2/c1-18-12-4-2-3-11(13(12)16)9-17-14(10-15)5-7-19-8-6-14/h2-4,17H,5-10H2,1H3. The molecule has 0 amide bonds. The molecule has 1 aliphatic heterocycles. The maximum atomic E-state index is 14.0. The van der Waals surface area contributed by atoms with Crippen LogP contribution in [0.15, 0.2) is 18.2 Å². The van der Waals surface area contributed by atoms with Crippen molar-refractivity contribution in [1.82, 2.24) is 5.32 Å². The van der Waals surface area contributed by atoms with Crippen LogP contribution in [0.4, 0.5) is 4.39 Å². The number of methoxy groups -OCH3 is 1. The van der Waals surface area contributed by atoms with Crippen LogP contribution in [0.25, 0.3) is 0 Å². The summed E-state index contributed by atoms with van der Waals surface area (Å²) in [5, 5.41) is 3.39. The monoisotopic (exact) mass is 287 g/mol. The van der Waals surface area contributed by atoms with Gasteiger partial charge in [0, 0.05) is 36.7 Å². The van der Waals surface area contributed by atoms with Gasteiger partial charge in [0.15, 0.2) is 11.6 Å². The first-order valence-corrected chi connectivity index (χ1v) is 6.94. The summed E-state index contributed by atoms with van der Waals surface area (Å²) < 4.78 is 24.4. The topological polar surface area (TPSA) is 30.5 Å².